The molecule has 0 aromatic heterocycles. The molecule has 5 heteroatoms. The molecule has 1 aromatic rings. The van der Waals surface area contributed by atoms with E-state index >= 15 is 0 Å². The fourth-order valence-corrected chi connectivity index (χ4v) is 2.78. The Morgan fingerprint density at radius 3 is 2.79 bits per heavy atom. The zero-order chi connectivity index (χ0) is 13.8. The lowest BCUT2D eigenvalue weighted by molar-refractivity contribution is 0.0914. The minimum Gasteiger partial charge on any atom is -0.497 e. The van der Waals surface area contributed by atoms with Crippen molar-refractivity contribution in [2.24, 2.45) is 0 Å². The predicted octanol–water partition coefficient (Wildman–Crippen LogP) is 2.76. The second-order valence-electron chi connectivity index (χ2n) is 4.69. The molecule has 0 heterocycles. The first-order chi connectivity index (χ1) is 9.13. The van der Waals surface area contributed by atoms with E-state index in [1.807, 2.05) is 12.1 Å². The number of ether oxygens (including phenoxy) is 2. The summed E-state index contributed by atoms with van der Waals surface area (Å²) in [4.78, 5) is 12.2. The maximum absolute atomic E-state index is 12.2. The van der Waals surface area contributed by atoms with Crippen molar-refractivity contribution in [2.75, 3.05) is 14.2 Å². The van der Waals surface area contributed by atoms with E-state index in [-0.39, 0.29) is 18.1 Å². The molecule has 0 spiro atoms. The number of methoxy groups -OCH3 is 2. The largest absolute Gasteiger partial charge is 0.497 e. The average Bonchev–Trinajstić information content (AvgIpc) is 2.87. The fraction of sp³-hybridized carbons (Fsp3) is 0.500. The summed E-state index contributed by atoms with van der Waals surface area (Å²) in [6.45, 7) is 0. The van der Waals surface area contributed by atoms with E-state index in [9.17, 15) is 4.79 Å². The van der Waals surface area contributed by atoms with Crippen molar-refractivity contribution < 1.29 is 14.3 Å². The van der Waals surface area contributed by atoms with Crippen LogP contribution in [0.25, 0.3) is 0 Å². The van der Waals surface area contributed by atoms with Crippen LogP contribution in [0.1, 0.15) is 29.6 Å². The SMILES string of the molecule is COc1ccc(Br)c(C(=O)NC2CCC(OC)C2)c1. The molecule has 19 heavy (non-hydrogen) atoms. The van der Waals surface area contributed by atoms with E-state index in [1.54, 1.807) is 20.3 Å². The molecule has 1 N–H and O–H groups in total. The number of halogens is 1. The smallest absolute Gasteiger partial charge is 0.252 e. The molecule has 1 amide bonds. The van der Waals surface area contributed by atoms with Gasteiger partial charge in [-0.2, -0.15) is 0 Å². The number of hydrogen-bond acceptors (Lipinski definition) is 3. The molecular weight excluding hydrogens is 310 g/mol. The molecule has 1 aliphatic carbocycles. The molecule has 0 bridgehead atoms. The molecule has 0 saturated heterocycles. The quantitative estimate of drug-likeness (QED) is 0.925. The van der Waals surface area contributed by atoms with E-state index in [2.05, 4.69) is 21.2 Å². The Labute approximate surface area is 121 Å². The van der Waals surface area contributed by atoms with Crippen LogP contribution in [0.4, 0.5) is 0 Å². The number of carbonyl (C=O) groups excluding carboxylic acids is 1. The lowest BCUT2D eigenvalue weighted by atomic mass is 10.1. The lowest BCUT2D eigenvalue weighted by Crippen LogP contribution is -2.33. The Hall–Kier alpha value is -1.07. The number of rotatable bonds is 4. The van der Waals surface area contributed by atoms with Gasteiger partial charge in [-0.25, -0.2) is 0 Å². The number of benzene rings is 1. The molecule has 1 aliphatic rings. The number of carbonyl (C=O) groups is 1. The van der Waals surface area contributed by atoms with Gasteiger partial charge in [0.25, 0.3) is 5.91 Å². The molecule has 1 fully saturated rings. The van der Waals surface area contributed by atoms with Gasteiger partial charge in [-0.15, -0.1) is 0 Å². The van der Waals surface area contributed by atoms with Crippen LogP contribution in [0.3, 0.4) is 0 Å². The van der Waals surface area contributed by atoms with Gasteiger partial charge in [0.2, 0.25) is 0 Å². The highest BCUT2D eigenvalue weighted by molar-refractivity contribution is 9.10. The Kier molecular flexibility index (Phi) is 4.82. The van der Waals surface area contributed by atoms with Gasteiger partial charge < -0.3 is 14.8 Å². The van der Waals surface area contributed by atoms with Gasteiger partial charge in [-0.1, -0.05) is 0 Å². The van der Waals surface area contributed by atoms with E-state index in [4.69, 9.17) is 9.47 Å². The zero-order valence-corrected chi connectivity index (χ0v) is 12.7. The predicted molar refractivity (Wildman–Crippen MR) is 76.6 cm³/mol. The van der Waals surface area contributed by atoms with Crippen LogP contribution in [0.15, 0.2) is 22.7 Å². The molecule has 2 atom stereocenters. The summed E-state index contributed by atoms with van der Waals surface area (Å²) in [5.74, 6) is 0.599. The zero-order valence-electron chi connectivity index (χ0n) is 11.1. The third kappa shape index (κ3) is 3.48. The van der Waals surface area contributed by atoms with Gasteiger partial charge in [0, 0.05) is 17.6 Å². The third-order valence-corrected chi connectivity index (χ3v) is 4.16. The van der Waals surface area contributed by atoms with Gasteiger partial charge in [-0.05, 0) is 53.4 Å². The maximum Gasteiger partial charge on any atom is 0.252 e. The second kappa shape index (κ2) is 6.39. The van der Waals surface area contributed by atoms with Crippen molar-refractivity contribution in [1.29, 1.82) is 0 Å². The Morgan fingerprint density at radius 1 is 1.37 bits per heavy atom. The molecule has 104 valence electrons. The van der Waals surface area contributed by atoms with Gasteiger partial charge in [0.15, 0.2) is 0 Å². The van der Waals surface area contributed by atoms with E-state index in [0.717, 1.165) is 23.7 Å². The van der Waals surface area contributed by atoms with E-state index in [0.29, 0.717) is 11.3 Å². The number of nitrogens with one attached hydrogen (secondary N) is 1. The van der Waals surface area contributed by atoms with Crippen LogP contribution in [0.5, 0.6) is 5.75 Å². The van der Waals surface area contributed by atoms with E-state index in [1.165, 1.54) is 0 Å². The fourth-order valence-electron chi connectivity index (χ4n) is 2.35. The van der Waals surface area contributed by atoms with Crippen LogP contribution in [0, 0.1) is 0 Å². The Morgan fingerprint density at radius 2 is 2.16 bits per heavy atom. The number of hydrogen-bond donors (Lipinski definition) is 1. The van der Waals surface area contributed by atoms with Crippen molar-refractivity contribution in [3.63, 3.8) is 0 Å². The van der Waals surface area contributed by atoms with Crippen LogP contribution < -0.4 is 10.1 Å². The Bertz CT molecular complexity index is 464. The highest BCUT2D eigenvalue weighted by Gasteiger charge is 2.26. The van der Waals surface area contributed by atoms with Gasteiger partial charge in [0.05, 0.1) is 18.8 Å². The summed E-state index contributed by atoms with van der Waals surface area (Å²) in [7, 11) is 3.30. The third-order valence-electron chi connectivity index (χ3n) is 3.47. The molecule has 2 unspecified atom stereocenters. The van der Waals surface area contributed by atoms with Gasteiger partial charge in [-0.3, -0.25) is 4.79 Å². The minimum atomic E-state index is -0.0764. The van der Waals surface area contributed by atoms with Gasteiger partial charge in [0.1, 0.15) is 5.75 Å². The Balaban J connectivity index is 2.04. The maximum atomic E-state index is 12.2. The monoisotopic (exact) mass is 327 g/mol. The molecule has 1 aromatic carbocycles. The number of amides is 1. The van der Waals surface area contributed by atoms with Crippen LogP contribution in [0.2, 0.25) is 0 Å². The van der Waals surface area contributed by atoms with Crippen LogP contribution in [-0.2, 0) is 4.74 Å². The molecule has 4 nitrogen and oxygen atoms in total. The summed E-state index contributed by atoms with van der Waals surface area (Å²) in [5, 5.41) is 3.05. The highest BCUT2D eigenvalue weighted by atomic mass is 79.9. The molecule has 2 rings (SSSR count). The highest BCUT2D eigenvalue weighted by Crippen LogP contribution is 2.25. The normalized spacial score (nSPS) is 22.3. The first-order valence-electron chi connectivity index (χ1n) is 6.31. The van der Waals surface area contributed by atoms with Crippen LogP contribution in [-0.4, -0.2) is 32.3 Å². The second-order valence-corrected chi connectivity index (χ2v) is 5.54. The first-order valence-corrected chi connectivity index (χ1v) is 7.10. The first kappa shape index (κ1) is 14.3. The topological polar surface area (TPSA) is 47.6 Å². The summed E-state index contributed by atoms with van der Waals surface area (Å²) in [6, 6.07) is 5.57. The summed E-state index contributed by atoms with van der Waals surface area (Å²) < 4.78 is 11.2. The van der Waals surface area contributed by atoms with Crippen molar-refractivity contribution in [1.82, 2.24) is 5.32 Å². The molecule has 0 aliphatic heterocycles. The average molecular weight is 328 g/mol. The lowest BCUT2D eigenvalue weighted by Gasteiger charge is -2.14. The van der Waals surface area contributed by atoms with Crippen molar-refractivity contribution in [2.45, 2.75) is 31.4 Å². The summed E-state index contributed by atoms with van der Waals surface area (Å²) >= 11 is 3.39. The molecule has 1 saturated carbocycles. The standard InChI is InChI=1S/C14H18BrNO3/c1-18-10-4-3-9(7-10)16-14(17)12-8-11(19-2)5-6-13(12)15/h5-6,8-10H,3-4,7H2,1-2H3,(H,16,17). The van der Waals surface area contributed by atoms with E-state index < -0.39 is 0 Å². The molecular formula is C14H18BrNO3. The minimum absolute atomic E-state index is 0.0764. The van der Waals surface area contributed by atoms with Crippen LogP contribution >= 0.6 is 15.9 Å². The van der Waals surface area contributed by atoms with Crippen molar-refractivity contribution in [3.05, 3.63) is 28.2 Å². The summed E-state index contributed by atoms with van der Waals surface area (Å²) in [5.41, 5.74) is 0.597. The summed E-state index contributed by atoms with van der Waals surface area (Å²) in [6.07, 6.45) is 3.11. The van der Waals surface area contributed by atoms with Crippen molar-refractivity contribution in [3.8, 4) is 5.75 Å². The van der Waals surface area contributed by atoms with Gasteiger partial charge >= 0.3 is 0 Å². The van der Waals surface area contributed by atoms with Crippen molar-refractivity contribution >= 4 is 21.8 Å². The molecule has 0 radical (unpaired) electrons.